The first kappa shape index (κ1) is 26.4. The van der Waals surface area contributed by atoms with Crippen molar-refractivity contribution in [1.29, 1.82) is 0 Å². The van der Waals surface area contributed by atoms with Crippen LogP contribution in [0.2, 0.25) is 0 Å². The Kier molecular flexibility index (Phi) is 7.87. The molecule has 0 spiro atoms. The fourth-order valence-electron chi connectivity index (χ4n) is 2.85. The Morgan fingerprint density at radius 1 is 0.375 bits per heavy atom. The fraction of sp³-hybridized carbons (Fsp3) is 0.143. The van der Waals surface area contributed by atoms with Gasteiger partial charge in [-0.1, -0.05) is 36.4 Å². The van der Waals surface area contributed by atoms with E-state index >= 15 is 0 Å². The Morgan fingerprint density at radius 2 is 0.562 bits per heavy atom. The van der Waals surface area contributed by atoms with E-state index in [9.17, 15) is 39.5 Å². The van der Waals surface area contributed by atoms with Crippen LogP contribution in [0.5, 0.6) is 0 Å². The minimum Gasteiger partial charge on any atom is -0.166 e. The molecule has 0 aliphatic heterocycles. The van der Waals surface area contributed by atoms with Crippen molar-refractivity contribution in [2.45, 2.75) is 18.5 Å². The summed E-state index contributed by atoms with van der Waals surface area (Å²) in [6.07, 6.45) is -13.7. The average Bonchev–Trinajstić information content (AvgIpc) is 2.67. The van der Waals surface area contributed by atoms with Crippen molar-refractivity contribution in [3.05, 3.63) is 89.5 Å². The summed E-state index contributed by atoms with van der Waals surface area (Å²) < 4.78 is 116. The van der Waals surface area contributed by atoms with Crippen molar-refractivity contribution in [3.63, 3.8) is 0 Å². The van der Waals surface area contributed by atoms with Crippen molar-refractivity contribution in [3.8, 4) is 0 Å². The molecule has 0 radical (unpaired) electrons. The maximum atomic E-state index is 12.9. The summed E-state index contributed by atoms with van der Waals surface area (Å²) in [6, 6.07) is 12.1. The molecule has 3 rings (SSSR count). The first-order valence-electron chi connectivity index (χ1n) is 8.59. The number of hydrogen-bond acceptors (Lipinski definition) is 0. The Hall–Kier alpha value is -1.88. The maximum absolute atomic E-state index is 12.9. The zero-order chi connectivity index (χ0) is 23.0. The predicted molar refractivity (Wildman–Crippen MR) is 100 cm³/mol. The van der Waals surface area contributed by atoms with Crippen LogP contribution in [-0.2, 0) is 39.0 Å². The summed E-state index contributed by atoms with van der Waals surface area (Å²) in [4.78, 5) is 0. The molecule has 0 saturated heterocycles. The van der Waals surface area contributed by atoms with Gasteiger partial charge in [-0.25, -0.2) is 0 Å². The molecule has 3 aromatic carbocycles. The Balaban J connectivity index is 0.00000363. The summed E-state index contributed by atoms with van der Waals surface area (Å²) in [7, 11) is -1.69. The molecule has 0 unspecified atom stereocenters. The van der Waals surface area contributed by atoms with Crippen LogP contribution < -0.4 is 15.9 Å². The zero-order valence-corrected chi connectivity index (χ0v) is 18.0. The zero-order valence-electron chi connectivity index (χ0n) is 15.6. The second kappa shape index (κ2) is 9.54. The van der Waals surface area contributed by atoms with Gasteiger partial charge in [-0.3, -0.25) is 0 Å². The van der Waals surface area contributed by atoms with E-state index < -0.39 is 43.1 Å². The van der Waals surface area contributed by atoms with Gasteiger partial charge in [0.2, 0.25) is 0 Å². The summed E-state index contributed by atoms with van der Waals surface area (Å²) in [6.45, 7) is 0. The third kappa shape index (κ3) is 6.12. The van der Waals surface area contributed by atoms with E-state index in [4.69, 9.17) is 0 Å². The predicted octanol–water partition coefficient (Wildman–Crippen LogP) is 6.50. The molecule has 0 aromatic heterocycles. The molecule has 0 aliphatic rings. The van der Waals surface area contributed by atoms with Crippen LogP contribution in [0.1, 0.15) is 16.7 Å². The molecule has 0 fully saturated rings. The third-order valence-corrected chi connectivity index (χ3v) is 6.80. The molecule has 3 aromatic rings. The van der Waals surface area contributed by atoms with Crippen molar-refractivity contribution < 1.29 is 59.9 Å². The second-order valence-electron chi connectivity index (χ2n) is 6.47. The third-order valence-electron chi connectivity index (χ3n) is 4.36. The number of halogens is 9. The number of benzene rings is 3. The van der Waals surface area contributed by atoms with E-state index in [1.54, 1.807) is 0 Å². The van der Waals surface area contributed by atoms with Crippen LogP contribution >= 0.6 is 7.92 Å². The van der Waals surface area contributed by atoms with Crippen molar-refractivity contribution in [1.82, 2.24) is 0 Å². The molecular formula is C21H12F9PPd. The summed E-state index contributed by atoms with van der Waals surface area (Å²) >= 11 is 0. The van der Waals surface area contributed by atoms with Crippen LogP contribution in [0.25, 0.3) is 0 Å². The van der Waals surface area contributed by atoms with Crippen molar-refractivity contribution in [2.75, 3.05) is 0 Å². The quantitative estimate of drug-likeness (QED) is 0.191. The minimum absolute atomic E-state index is 0. The van der Waals surface area contributed by atoms with Gasteiger partial charge >= 0.3 is 18.5 Å². The van der Waals surface area contributed by atoms with E-state index in [1.807, 2.05) is 0 Å². The van der Waals surface area contributed by atoms with Crippen LogP contribution in [0, 0.1) is 0 Å². The topological polar surface area (TPSA) is 0 Å². The van der Waals surface area contributed by atoms with Gasteiger partial charge in [-0.05, 0) is 60.2 Å². The molecule has 0 aliphatic carbocycles. The monoisotopic (exact) mass is 572 g/mol. The Labute approximate surface area is 191 Å². The van der Waals surface area contributed by atoms with Crippen LogP contribution in [0.4, 0.5) is 39.5 Å². The van der Waals surface area contributed by atoms with Gasteiger partial charge < -0.3 is 0 Å². The van der Waals surface area contributed by atoms with Gasteiger partial charge in [0, 0.05) is 20.4 Å². The molecule has 0 saturated carbocycles. The number of rotatable bonds is 3. The first-order valence-corrected chi connectivity index (χ1v) is 9.93. The fourth-order valence-corrected chi connectivity index (χ4v) is 5.08. The maximum Gasteiger partial charge on any atom is 0.416 e. The molecule has 0 heterocycles. The number of alkyl halides is 9. The average molecular weight is 573 g/mol. The Morgan fingerprint density at radius 3 is 0.719 bits per heavy atom. The molecular weight excluding hydrogens is 561 g/mol. The molecule has 0 amide bonds. The normalized spacial score (nSPS) is 12.6. The van der Waals surface area contributed by atoms with E-state index in [0.717, 1.165) is 36.4 Å². The molecule has 32 heavy (non-hydrogen) atoms. The van der Waals surface area contributed by atoms with Gasteiger partial charge in [0.15, 0.2) is 0 Å². The van der Waals surface area contributed by atoms with Crippen LogP contribution in [0.15, 0.2) is 72.8 Å². The van der Waals surface area contributed by atoms with Gasteiger partial charge in [0.1, 0.15) is 0 Å². The minimum atomic E-state index is -4.58. The van der Waals surface area contributed by atoms with Crippen molar-refractivity contribution >= 4 is 23.8 Å². The smallest absolute Gasteiger partial charge is 0.166 e. The van der Waals surface area contributed by atoms with E-state index in [0.29, 0.717) is 15.9 Å². The first-order chi connectivity index (χ1) is 14.3. The van der Waals surface area contributed by atoms with Gasteiger partial charge in [-0.2, -0.15) is 39.5 Å². The van der Waals surface area contributed by atoms with E-state index in [1.165, 1.54) is 36.4 Å². The molecule has 174 valence electrons. The molecule has 11 heteroatoms. The SMILES string of the molecule is FC(F)(F)c1ccc(P(c2ccc(C(F)(F)F)cc2)c2ccc(C(F)(F)F)cc2)cc1.[Pd]. The second-order valence-corrected chi connectivity index (χ2v) is 8.69. The summed E-state index contributed by atoms with van der Waals surface area (Å²) in [5.74, 6) is 0. The van der Waals surface area contributed by atoms with Gasteiger partial charge in [0.05, 0.1) is 16.7 Å². The van der Waals surface area contributed by atoms with Crippen LogP contribution in [-0.4, -0.2) is 0 Å². The van der Waals surface area contributed by atoms with Crippen molar-refractivity contribution in [2.24, 2.45) is 0 Å². The molecule has 0 bridgehead atoms. The molecule has 0 nitrogen and oxygen atoms in total. The number of hydrogen-bond donors (Lipinski definition) is 0. The Bertz CT molecular complexity index is 883. The summed E-state index contributed by atoms with van der Waals surface area (Å²) in [5.41, 5.74) is -2.73. The van der Waals surface area contributed by atoms with Gasteiger partial charge in [0.25, 0.3) is 0 Å². The summed E-state index contributed by atoms with van der Waals surface area (Å²) in [5, 5.41) is 1.05. The molecule has 0 N–H and O–H groups in total. The molecule has 0 atom stereocenters. The van der Waals surface area contributed by atoms with Gasteiger partial charge in [-0.15, -0.1) is 0 Å². The standard InChI is InChI=1S/C21H12F9P.Pd/c22-19(23,24)13-1-7-16(8-2-13)31(17-9-3-14(4-10-17)20(25,26)27)18-11-5-15(6-12-18)21(28,29)30;/h1-12H;. The largest absolute Gasteiger partial charge is 0.416 e. The van der Waals surface area contributed by atoms with Crippen LogP contribution in [0.3, 0.4) is 0 Å². The van der Waals surface area contributed by atoms with E-state index in [-0.39, 0.29) is 20.4 Å². The van der Waals surface area contributed by atoms with E-state index in [2.05, 4.69) is 0 Å².